The maximum atomic E-state index is 5.54. The Bertz CT molecular complexity index is 707. The van der Waals surface area contributed by atoms with Gasteiger partial charge in [0.1, 0.15) is 5.75 Å². The molecule has 5 heteroatoms. The highest BCUT2D eigenvalue weighted by molar-refractivity contribution is 5.58. The molecule has 0 aliphatic carbocycles. The third-order valence-electron chi connectivity index (χ3n) is 5.97. The van der Waals surface area contributed by atoms with E-state index in [2.05, 4.69) is 50.0 Å². The molecule has 0 radical (unpaired) electrons. The Morgan fingerprint density at radius 2 is 1.63 bits per heavy atom. The van der Waals surface area contributed by atoms with Crippen LogP contribution >= 0.6 is 0 Å². The molecule has 3 heterocycles. The smallest absolute Gasteiger partial charge is 0.142 e. The van der Waals surface area contributed by atoms with Crippen molar-refractivity contribution in [1.29, 1.82) is 0 Å². The lowest BCUT2D eigenvalue weighted by Gasteiger charge is -2.43. The second kappa shape index (κ2) is 8.72. The summed E-state index contributed by atoms with van der Waals surface area (Å²) in [6, 6.07) is 13.4. The molecule has 0 spiro atoms. The first-order valence-electron chi connectivity index (χ1n) is 10.1. The number of hydrogen-bond donors (Lipinski definition) is 0. The van der Waals surface area contributed by atoms with E-state index in [1.165, 1.54) is 37.2 Å². The van der Waals surface area contributed by atoms with Gasteiger partial charge in [0.25, 0.3) is 0 Å². The van der Waals surface area contributed by atoms with Crippen LogP contribution in [-0.2, 0) is 6.54 Å². The number of aromatic nitrogens is 1. The Hall–Kier alpha value is -2.11. The van der Waals surface area contributed by atoms with Crippen molar-refractivity contribution in [1.82, 2.24) is 14.8 Å². The van der Waals surface area contributed by atoms with Gasteiger partial charge in [-0.1, -0.05) is 12.1 Å². The SMILES string of the molecule is COc1ccccc1N1CCN(C2CCN(Cc3ccncc3)CC2)CC1. The van der Waals surface area contributed by atoms with Crippen molar-refractivity contribution < 1.29 is 4.74 Å². The predicted molar refractivity (Wildman–Crippen MR) is 109 cm³/mol. The van der Waals surface area contributed by atoms with Crippen LogP contribution in [0, 0.1) is 0 Å². The molecule has 2 aliphatic heterocycles. The highest BCUT2D eigenvalue weighted by Gasteiger charge is 2.28. The summed E-state index contributed by atoms with van der Waals surface area (Å²) in [6.07, 6.45) is 6.34. The average molecular weight is 367 g/mol. The number of piperidine rings is 1. The quantitative estimate of drug-likeness (QED) is 0.812. The van der Waals surface area contributed by atoms with E-state index < -0.39 is 0 Å². The molecule has 0 atom stereocenters. The van der Waals surface area contributed by atoms with Gasteiger partial charge in [-0.05, 0) is 55.8 Å². The minimum Gasteiger partial charge on any atom is -0.495 e. The molecule has 144 valence electrons. The lowest BCUT2D eigenvalue weighted by Crippen LogP contribution is -2.53. The van der Waals surface area contributed by atoms with Crippen LogP contribution in [0.15, 0.2) is 48.8 Å². The van der Waals surface area contributed by atoms with E-state index in [0.29, 0.717) is 0 Å². The van der Waals surface area contributed by atoms with Crippen LogP contribution in [0.25, 0.3) is 0 Å². The molecule has 2 fully saturated rings. The predicted octanol–water partition coefficient (Wildman–Crippen LogP) is 2.88. The maximum Gasteiger partial charge on any atom is 0.142 e. The number of likely N-dealkylation sites (tertiary alicyclic amines) is 1. The standard InChI is InChI=1S/C22H30N4O/c1-27-22-5-3-2-4-21(22)26-16-14-25(15-17-26)20-8-12-24(13-9-20)18-19-6-10-23-11-7-19/h2-7,10-11,20H,8-9,12-18H2,1H3. The summed E-state index contributed by atoms with van der Waals surface area (Å²) in [5.41, 5.74) is 2.60. The van der Waals surface area contributed by atoms with Crippen LogP contribution in [0.5, 0.6) is 5.75 Å². The minimum atomic E-state index is 0.735. The van der Waals surface area contributed by atoms with Gasteiger partial charge in [-0.15, -0.1) is 0 Å². The Balaban J connectivity index is 1.26. The molecule has 2 aromatic rings. The van der Waals surface area contributed by atoms with Gasteiger partial charge >= 0.3 is 0 Å². The fourth-order valence-corrected chi connectivity index (χ4v) is 4.41. The fourth-order valence-electron chi connectivity index (χ4n) is 4.41. The van der Waals surface area contributed by atoms with E-state index in [0.717, 1.165) is 44.5 Å². The first-order chi connectivity index (χ1) is 13.3. The molecule has 0 bridgehead atoms. The van der Waals surface area contributed by atoms with E-state index in [9.17, 15) is 0 Å². The minimum absolute atomic E-state index is 0.735. The van der Waals surface area contributed by atoms with Crippen molar-refractivity contribution in [2.24, 2.45) is 0 Å². The summed E-state index contributed by atoms with van der Waals surface area (Å²) in [5, 5.41) is 0. The summed E-state index contributed by atoms with van der Waals surface area (Å²) in [6.45, 7) is 7.89. The van der Waals surface area contributed by atoms with Crippen molar-refractivity contribution in [2.75, 3.05) is 51.3 Å². The second-order valence-corrected chi connectivity index (χ2v) is 7.56. The number of benzene rings is 1. The molecule has 1 aromatic carbocycles. The monoisotopic (exact) mass is 366 g/mol. The normalized spacial score (nSPS) is 20.0. The molecule has 0 N–H and O–H groups in total. The first-order valence-corrected chi connectivity index (χ1v) is 10.1. The van der Waals surface area contributed by atoms with Gasteiger partial charge in [0, 0.05) is 51.2 Å². The van der Waals surface area contributed by atoms with Crippen LogP contribution < -0.4 is 9.64 Å². The van der Waals surface area contributed by atoms with Crippen molar-refractivity contribution in [3.8, 4) is 5.75 Å². The Morgan fingerprint density at radius 1 is 0.926 bits per heavy atom. The van der Waals surface area contributed by atoms with Gasteiger partial charge in [0.15, 0.2) is 0 Å². The molecule has 0 unspecified atom stereocenters. The third kappa shape index (κ3) is 4.42. The molecule has 27 heavy (non-hydrogen) atoms. The van der Waals surface area contributed by atoms with Crippen molar-refractivity contribution >= 4 is 5.69 Å². The lowest BCUT2D eigenvalue weighted by atomic mass is 10.0. The van der Waals surface area contributed by atoms with E-state index in [-0.39, 0.29) is 0 Å². The van der Waals surface area contributed by atoms with E-state index >= 15 is 0 Å². The molecular weight excluding hydrogens is 336 g/mol. The number of ether oxygens (including phenoxy) is 1. The van der Waals surface area contributed by atoms with E-state index in [4.69, 9.17) is 4.74 Å². The highest BCUT2D eigenvalue weighted by atomic mass is 16.5. The summed E-state index contributed by atoms with van der Waals surface area (Å²) in [4.78, 5) is 11.9. The molecular formula is C22H30N4O. The van der Waals surface area contributed by atoms with Crippen LogP contribution in [0.1, 0.15) is 18.4 Å². The van der Waals surface area contributed by atoms with E-state index in [1.54, 1.807) is 7.11 Å². The van der Waals surface area contributed by atoms with Crippen LogP contribution in [0.3, 0.4) is 0 Å². The third-order valence-corrected chi connectivity index (χ3v) is 5.97. The molecule has 2 aliphatic rings. The van der Waals surface area contributed by atoms with Crippen molar-refractivity contribution in [2.45, 2.75) is 25.4 Å². The number of pyridine rings is 1. The number of para-hydroxylation sites is 2. The number of nitrogens with zero attached hydrogens (tertiary/aromatic N) is 4. The topological polar surface area (TPSA) is 31.8 Å². The van der Waals surface area contributed by atoms with Gasteiger partial charge in [0.2, 0.25) is 0 Å². The Labute approximate surface area is 162 Å². The molecule has 0 amide bonds. The van der Waals surface area contributed by atoms with Gasteiger partial charge in [0.05, 0.1) is 12.8 Å². The zero-order valence-corrected chi connectivity index (χ0v) is 16.3. The van der Waals surface area contributed by atoms with Gasteiger partial charge < -0.3 is 9.64 Å². The molecule has 4 rings (SSSR count). The van der Waals surface area contributed by atoms with Crippen molar-refractivity contribution in [3.63, 3.8) is 0 Å². The molecule has 5 nitrogen and oxygen atoms in total. The second-order valence-electron chi connectivity index (χ2n) is 7.56. The Morgan fingerprint density at radius 3 is 2.33 bits per heavy atom. The molecule has 2 saturated heterocycles. The zero-order valence-electron chi connectivity index (χ0n) is 16.3. The maximum absolute atomic E-state index is 5.54. The van der Waals surface area contributed by atoms with Crippen molar-refractivity contribution in [3.05, 3.63) is 54.4 Å². The average Bonchev–Trinajstić information content (AvgIpc) is 2.75. The van der Waals surface area contributed by atoms with Crippen LogP contribution in [-0.4, -0.2) is 67.2 Å². The fraction of sp³-hybridized carbons (Fsp3) is 0.500. The Kier molecular flexibility index (Phi) is 5.90. The number of anilines is 1. The molecule has 0 saturated carbocycles. The number of piperazine rings is 1. The van der Waals surface area contributed by atoms with Gasteiger partial charge in [-0.2, -0.15) is 0 Å². The highest BCUT2D eigenvalue weighted by Crippen LogP contribution is 2.29. The number of rotatable bonds is 5. The first kappa shape index (κ1) is 18.3. The van der Waals surface area contributed by atoms with Crippen LogP contribution in [0.4, 0.5) is 5.69 Å². The van der Waals surface area contributed by atoms with Crippen LogP contribution in [0.2, 0.25) is 0 Å². The van der Waals surface area contributed by atoms with Gasteiger partial charge in [-0.3, -0.25) is 14.8 Å². The molecule has 1 aromatic heterocycles. The lowest BCUT2D eigenvalue weighted by molar-refractivity contribution is 0.0997. The summed E-state index contributed by atoms with van der Waals surface area (Å²) in [5.74, 6) is 0.982. The summed E-state index contributed by atoms with van der Waals surface area (Å²) < 4.78 is 5.54. The zero-order chi connectivity index (χ0) is 18.5. The number of hydrogen-bond acceptors (Lipinski definition) is 5. The summed E-state index contributed by atoms with van der Waals surface area (Å²) in [7, 11) is 1.76. The van der Waals surface area contributed by atoms with Gasteiger partial charge in [-0.25, -0.2) is 0 Å². The largest absolute Gasteiger partial charge is 0.495 e. The number of methoxy groups -OCH3 is 1. The summed E-state index contributed by atoms with van der Waals surface area (Å²) >= 11 is 0. The van der Waals surface area contributed by atoms with E-state index in [1.807, 2.05) is 18.5 Å².